The van der Waals surface area contributed by atoms with Crippen molar-refractivity contribution in [3.05, 3.63) is 88.9 Å². The van der Waals surface area contributed by atoms with Crippen molar-refractivity contribution < 1.29 is 17.9 Å². The normalized spacial score (nSPS) is 15.5. The van der Waals surface area contributed by atoms with Gasteiger partial charge in [-0.2, -0.15) is 5.10 Å². The highest BCUT2D eigenvalue weighted by molar-refractivity contribution is 7.89. The number of anilines is 1. The fraction of sp³-hybridized carbons (Fsp3) is 0.185. The molecule has 0 saturated heterocycles. The Kier molecular flexibility index (Phi) is 6.72. The molecule has 1 atom stereocenters. The first-order valence-electron chi connectivity index (χ1n) is 11.5. The van der Waals surface area contributed by atoms with Crippen molar-refractivity contribution in [2.75, 3.05) is 19.2 Å². The van der Waals surface area contributed by atoms with E-state index in [-0.39, 0.29) is 10.9 Å². The van der Waals surface area contributed by atoms with Crippen LogP contribution in [0.5, 0.6) is 11.5 Å². The number of sulfonamides is 1. The number of nitrogens with zero attached hydrogens (tertiary/aromatic N) is 3. The first-order valence-corrected chi connectivity index (χ1v) is 13.9. The molecule has 4 aromatic rings. The fourth-order valence-electron chi connectivity index (χ4n) is 4.36. The predicted octanol–water partition coefficient (Wildman–Crippen LogP) is 5.14. The lowest BCUT2D eigenvalue weighted by atomic mass is 10.00. The van der Waals surface area contributed by atoms with Gasteiger partial charge in [-0.25, -0.2) is 18.5 Å². The number of benzene rings is 3. The van der Waals surface area contributed by atoms with Gasteiger partial charge in [0, 0.05) is 12.0 Å². The molecule has 0 unspecified atom stereocenters. The summed E-state index contributed by atoms with van der Waals surface area (Å²) in [5.74, 6) is 1.26. The van der Waals surface area contributed by atoms with Gasteiger partial charge in [0.2, 0.25) is 10.0 Å². The van der Waals surface area contributed by atoms with Crippen LogP contribution in [0.4, 0.5) is 5.69 Å². The number of hydrogen-bond donors (Lipinski definition) is 1. The number of hydrazone groups is 1. The number of methoxy groups -OCH3 is 2. The van der Waals surface area contributed by atoms with Crippen LogP contribution in [0, 0.1) is 6.92 Å². The summed E-state index contributed by atoms with van der Waals surface area (Å²) in [6.45, 7) is 2.00. The largest absolute Gasteiger partial charge is 0.493 e. The minimum absolute atomic E-state index is 0.0492. The fourth-order valence-corrected chi connectivity index (χ4v) is 5.94. The van der Waals surface area contributed by atoms with Gasteiger partial charge in [0.25, 0.3) is 0 Å². The van der Waals surface area contributed by atoms with Crippen molar-refractivity contribution in [3.63, 3.8) is 0 Å². The maximum absolute atomic E-state index is 11.8. The SMILES string of the molecule is COc1ccc([C@@H]2CC(c3sc(-c4ccccc4)nc3C)=NN2c2ccc(S(N)(=O)=O)cc2)cc1OC. The van der Waals surface area contributed by atoms with Crippen molar-refractivity contribution in [2.24, 2.45) is 10.2 Å². The second kappa shape index (κ2) is 9.97. The van der Waals surface area contributed by atoms with Gasteiger partial charge in [-0.3, -0.25) is 5.01 Å². The van der Waals surface area contributed by atoms with Crippen LogP contribution in [0.25, 0.3) is 10.6 Å². The highest BCUT2D eigenvalue weighted by atomic mass is 32.2. The van der Waals surface area contributed by atoms with Crippen LogP contribution >= 0.6 is 11.3 Å². The molecule has 0 amide bonds. The third-order valence-corrected chi connectivity index (χ3v) is 8.40. The Morgan fingerprint density at radius 3 is 2.32 bits per heavy atom. The van der Waals surface area contributed by atoms with E-state index >= 15 is 0 Å². The molecule has 1 aliphatic rings. The molecule has 0 saturated carbocycles. The van der Waals surface area contributed by atoms with E-state index < -0.39 is 10.0 Å². The highest BCUT2D eigenvalue weighted by Gasteiger charge is 2.32. The Bertz CT molecular complexity index is 1570. The lowest BCUT2D eigenvalue weighted by Crippen LogP contribution is -2.19. The van der Waals surface area contributed by atoms with E-state index in [1.165, 1.54) is 12.1 Å². The van der Waals surface area contributed by atoms with Crippen LogP contribution in [-0.2, 0) is 10.0 Å². The van der Waals surface area contributed by atoms with E-state index in [4.69, 9.17) is 24.7 Å². The van der Waals surface area contributed by atoms with Crippen LogP contribution in [0.1, 0.15) is 28.6 Å². The summed E-state index contributed by atoms with van der Waals surface area (Å²) >= 11 is 1.61. The monoisotopic (exact) mass is 534 g/mol. The number of rotatable bonds is 7. The smallest absolute Gasteiger partial charge is 0.238 e. The summed E-state index contributed by atoms with van der Waals surface area (Å²) in [5, 5.41) is 13.2. The molecule has 0 radical (unpaired) electrons. The van der Waals surface area contributed by atoms with Crippen LogP contribution in [0.2, 0.25) is 0 Å². The Morgan fingerprint density at radius 1 is 0.973 bits per heavy atom. The molecule has 3 aromatic carbocycles. The topological polar surface area (TPSA) is 107 Å². The van der Waals surface area contributed by atoms with E-state index in [1.54, 1.807) is 37.7 Å². The van der Waals surface area contributed by atoms with Gasteiger partial charge in [0.15, 0.2) is 11.5 Å². The van der Waals surface area contributed by atoms with E-state index in [0.29, 0.717) is 17.9 Å². The molecule has 0 bridgehead atoms. The summed E-state index contributed by atoms with van der Waals surface area (Å²) < 4.78 is 34.5. The molecule has 2 N–H and O–H groups in total. The minimum Gasteiger partial charge on any atom is -0.493 e. The van der Waals surface area contributed by atoms with Crippen molar-refractivity contribution in [1.29, 1.82) is 0 Å². The van der Waals surface area contributed by atoms with Crippen molar-refractivity contribution >= 4 is 32.8 Å². The standard InChI is InChI=1S/C27H26N4O4S2/c1-17-26(36-27(29-17)18-7-5-4-6-8-18)22-16-23(19-9-14-24(34-2)25(15-19)35-3)31(30-22)20-10-12-21(13-11-20)37(28,32)33/h4-15,23H,16H2,1-3H3,(H2,28,32,33)/t23-/m0/s1. The Morgan fingerprint density at radius 2 is 1.68 bits per heavy atom. The summed E-state index contributed by atoms with van der Waals surface area (Å²) in [6.07, 6.45) is 0.629. The van der Waals surface area contributed by atoms with Gasteiger partial charge >= 0.3 is 0 Å². The van der Waals surface area contributed by atoms with E-state index in [2.05, 4.69) is 0 Å². The van der Waals surface area contributed by atoms with Crippen LogP contribution in [0.3, 0.4) is 0 Å². The average molecular weight is 535 g/mol. The first-order chi connectivity index (χ1) is 17.8. The van der Waals surface area contributed by atoms with Crippen LogP contribution < -0.4 is 19.6 Å². The van der Waals surface area contributed by atoms with E-state index in [9.17, 15) is 8.42 Å². The number of nitrogens with two attached hydrogens (primary N) is 1. The van der Waals surface area contributed by atoms with Crippen LogP contribution in [0.15, 0.2) is 82.8 Å². The Hall–Kier alpha value is -3.73. The first kappa shape index (κ1) is 24.9. The number of hydrogen-bond acceptors (Lipinski definition) is 8. The van der Waals surface area contributed by atoms with Gasteiger partial charge in [-0.05, 0) is 48.9 Å². The van der Waals surface area contributed by atoms with Gasteiger partial charge in [0.05, 0.1) is 47.1 Å². The van der Waals surface area contributed by atoms with Crippen molar-refractivity contribution in [3.8, 4) is 22.1 Å². The quantitative estimate of drug-likeness (QED) is 0.352. The zero-order valence-electron chi connectivity index (χ0n) is 20.6. The molecule has 5 rings (SSSR count). The van der Waals surface area contributed by atoms with Crippen molar-refractivity contribution in [2.45, 2.75) is 24.3 Å². The Balaban J connectivity index is 1.57. The summed E-state index contributed by atoms with van der Waals surface area (Å²) in [7, 11) is -0.593. The molecule has 10 heteroatoms. The second-order valence-electron chi connectivity index (χ2n) is 8.56. The molecule has 0 aliphatic carbocycles. The number of aryl methyl sites for hydroxylation is 1. The maximum atomic E-state index is 11.8. The molecule has 190 valence electrons. The number of ether oxygens (including phenoxy) is 2. The number of aromatic nitrogens is 1. The molecule has 0 fully saturated rings. The zero-order chi connectivity index (χ0) is 26.2. The lowest BCUT2D eigenvalue weighted by molar-refractivity contribution is 0.354. The Labute approximate surface area is 220 Å². The van der Waals surface area contributed by atoms with Gasteiger partial charge in [-0.1, -0.05) is 36.4 Å². The highest BCUT2D eigenvalue weighted by Crippen LogP contribution is 2.41. The average Bonchev–Trinajstić information content (AvgIpc) is 3.52. The van der Waals surface area contributed by atoms with Gasteiger partial charge in [-0.15, -0.1) is 11.3 Å². The molecule has 2 heterocycles. The summed E-state index contributed by atoms with van der Waals surface area (Å²) in [5.41, 5.74) is 4.62. The van der Waals surface area contributed by atoms with Gasteiger partial charge < -0.3 is 9.47 Å². The number of primary sulfonamides is 1. The van der Waals surface area contributed by atoms with E-state index in [0.717, 1.165) is 38.1 Å². The van der Waals surface area contributed by atoms with E-state index in [1.807, 2.05) is 60.5 Å². The number of thiazole rings is 1. The van der Waals surface area contributed by atoms with Crippen molar-refractivity contribution in [1.82, 2.24) is 4.98 Å². The molecule has 1 aliphatic heterocycles. The molecular formula is C27H26N4O4S2. The summed E-state index contributed by atoms with van der Waals surface area (Å²) in [4.78, 5) is 5.88. The lowest BCUT2D eigenvalue weighted by Gasteiger charge is -2.24. The zero-order valence-corrected chi connectivity index (χ0v) is 22.2. The third kappa shape index (κ3) is 4.95. The molecule has 37 heavy (non-hydrogen) atoms. The predicted molar refractivity (Wildman–Crippen MR) is 146 cm³/mol. The molecular weight excluding hydrogens is 508 g/mol. The summed E-state index contributed by atoms with van der Waals surface area (Å²) in [6, 6.07) is 22.2. The minimum atomic E-state index is -3.80. The van der Waals surface area contributed by atoms with Crippen LogP contribution in [-0.4, -0.2) is 33.3 Å². The molecule has 8 nitrogen and oxygen atoms in total. The maximum Gasteiger partial charge on any atom is 0.238 e. The third-order valence-electron chi connectivity index (χ3n) is 6.21. The molecule has 1 aromatic heterocycles. The molecule has 0 spiro atoms. The van der Waals surface area contributed by atoms with Gasteiger partial charge in [0.1, 0.15) is 5.01 Å². The second-order valence-corrected chi connectivity index (χ2v) is 11.1.